The lowest BCUT2D eigenvalue weighted by Gasteiger charge is -2.24. The molecule has 0 aliphatic heterocycles. The van der Waals surface area contributed by atoms with E-state index in [2.05, 4.69) is 16.0 Å². The predicted molar refractivity (Wildman–Crippen MR) is 91.4 cm³/mol. The third-order valence-corrected chi connectivity index (χ3v) is 3.40. The Hall–Kier alpha value is -2.69. The molecule has 0 aromatic heterocycles. The molecule has 0 aromatic carbocycles. The smallest absolute Gasteiger partial charge is 0.326 e. The Balaban J connectivity index is 4.82. The molecule has 11 heteroatoms. The van der Waals surface area contributed by atoms with Crippen LogP contribution in [0.5, 0.6) is 0 Å². The van der Waals surface area contributed by atoms with Crippen LogP contribution in [-0.4, -0.2) is 59.4 Å². The molecule has 148 valence electrons. The van der Waals surface area contributed by atoms with Crippen molar-refractivity contribution >= 4 is 29.6 Å². The van der Waals surface area contributed by atoms with E-state index in [1.54, 1.807) is 13.8 Å². The lowest BCUT2D eigenvalue weighted by atomic mass is 10.0. The molecule has 0 radical (unpaired) electrons. The molecule has 0 fully saturated rings. The van der Waals surface area contributed by atoms with Gasteiger partial charge in [0.05, 0.1) is 12.6 Å². The Bertz CT molecular complexity index is 549. The van der Waals surface area contributed by atoms with Gasteiger partial charge in [-0.1, -0.05) is 13.8 Å². The molecule has 3 unspecified atom stereocenters. The molecule has 0 saturated carbocycles. The van der Waals surface area contributed by atoms with Crippen LogP contribution in [0.4, 0.5) is 0 Å². The van der Waals surface area contributed by atoms with Crippen molar-refractivity contribution in [3.8, 4) is 0 Å². The molecule has 11 nitrogen and oxygen atoms in total. The number of carbonyl (C=O) groups excluding carboxylic acids is 4. The average molecular weight is 373 g/mol. The summed E-state index contributed by atoms with van der Waals surface area (Å²) in [5.41, 5.74) is 10.3. The fraction of sp³-hybridized carbons (Fsp3) is 0.667. The van der Waals surface area contributed by atoms with Crippen LogP contribution < -0.4 is 27.4 Å². The molecule has 0 spiro atoms. The predicted octanol–water partition coefficient (Wildman–Crippen LogP) is -2.57. The molecule has 4 amide bonds. The number of primary amides is 1. The van der Waals surface area contributed by atoms with Gasteiger partial charge in [0.25, 0.3) is 0 Å². The third kappa shape index (κ3) is 8.97. The number of aliphatic carboxylic acids is 1. The van der Waals surface area contributed by atoms with Gasteiger partial charge in [0.15, 0.2) is 0 Å². The SMILES string of the molecule is CC(N)C(=O)NCC(=O)NC(C(=O)NC(CCC(N)=O)C(=O)O)C(C)C. The van der Waals surface area contributed by atoms with E-state index in [1.807, 2.05) is 0 Å². The first kappa shape index (κ1) is 23.3. The van der Waals surface area contributed by atoms with Gasteiger partial charge in [-0.05, 0) is 19.3 Å². The molecule has 0 aromatic rings. The zero-order chi connectivity index (χ0) is 20.4. The monoisotopic (exact) mass is 373 g/mol. The second-order valence-electron chi connectivity index (χ2n) is 6.20. The van der Waals surface area contributed by atoms with Gasteiger partial charge in [-0.15, -0.1) is 0 Å². The molecular formula is C15H27N5O6. The number of carboxylic acid groups (broad SMARTS) is 1. The molecule has 0 heterocycles. The molecule has 0 bridgehead atoms. The summed E-state index contributed by atoms with van der Waals surface area (Å²) in [4.78, 5) is 57.5. The minimum atomic E-state index is -1.32. The van der Waals surface area contributed by atoms with Crippen LogP contribution in [-0.2, 0) is 24.0 Å². The second-order valence-corrected chi connectivity index (χ2v) is 6.20. The highest BCUT2D eigenvalue weighted by Gasteiger charge is 2.28. The van der Waals surface area contributed by atoms with Crippen LogP contribution in [0.2, 0.25) is 0 Å². The number of nitrogens with one attached hydrogen (secondary N) is 3. The number of hydrogen-bond donors (Lipinski definition) is 6. The number of carboxylic acids is 1. The van der Waals surface area contributed by atoms with E-state index >= 15 is 0 Å². The number of rotatable bonds is 11. The zero-order valence-corrected chi connectivity index (χ0v) is 15.1. The lowest BCUT2D eigenvalue weighted by Crippen LogP contribution is -2.55. The molecular weight excluding hydrogens is 346 g/mol. The highest BCUT2D eigenvalue weighted by atomic mass is 16.4. The summed E-state index contributed by atoms with van der Waals surface area (Å²) in [5, 5.41) is 16.1. The van der Waals surface area contributed by atoms with E-state index < -0.39 is 47.7 Å². The first-order valence-electron chi connectivity index (χ1n) is 8.09. The summed E-state index contributed by atoms with van der Waals surface area (Å²) < 4.78 is 0. The first-order chi connectivity index (χ1) is 12.0. The van der Waals surface area contributed by atoms with E-state index in [1.165, 1.54) is 6.92 Å². The summed E-state index contributed by atoms with van der Waals surface area (Å²) in [7, 11) is 0. The Kier molecular flexibility index (Phi) is 9.89. The normalized spacial score (nSPS) is 14.0. The van der Waals surface area contributed by atoms with Gasteiger partial charge < -0.3 is 32.5 Å². The van der Waals surface area contributed by atoms with E-state index in [4.69, 9.17) is 16.6 Å². The van der Waals surface area contributed by atoms with E-state index in [0.29, 0.717) is 0 Å². The van der Waals surface area contributed by atoms with Gasteiger partial charge >= 0.3 is 5.97 Å². The quantitative estimate of drug-likeness (QED) is 0.229. The molecule has 26 heavy (non-hydrogen) atoms. The van der Waals surface area contributed by atoms with E-state index in [0.717, 1.165) is 0 Å². The maximum absolute atomic E-state index is 12.3. The zero-order valence-electron chi connectivity index (χ0n) is 15.1. The van der Waals surface area contributed by atoms with Crippen LogP contribution >= 0.6 is 0 Å². The van der Waals surface area contributed by atoms with Gasteiger partial charge in [0.1, 0.15) is 12.1 Å². The molecule has 0 rings (SSSR count). The fourth-order valence-corrected chi connectivity index (χ4v) is 1.89. The number of hydrogen-bond acceptors (Lipinski definition) is 6. The molecule has 3 atom stereocenters. The van der Waals surface area contributed by atoms with Crippen LogP contribution in [0.15, 0.2) is 0 Å². The summed E-state index contributed by atoms with van der Waals surface area (Å²) in [6.45, 7) is 4.39. The highest BCUT2D eigenvalue weighted by Crippen LogP contribution is 2.04. The van der Waals surface area contributed by atoms with Crippen molar-refractivity contribution in [2.45, 2.75) is 51.7 Å². The van der Waals surface area contributed by atoms with Gasteiger partial charge in [-0.25, -0.2) is 4.79 Å². The number of nitrogens with two attached hydrogens (primary N) is 2. The summed E-state index contributed by atoms with van der Waals surface area (Å²) in [6.07, 6.45) is -0.376. The second kappa shape index (κ2) is 11.0. The fourth-order valence-electron chi connectivity index (χ4n) is 1.89. The number of amides is 4. The van der Waals surface area contributed by atoms with Crippen molar-refractivity contribution in [2.24, 2.45) is 17.4 Å². The molecule has 0 aliphatic rings. The van der Waals surface area contributed by atoms with E-state index in [-0.39, 0.29) is 25.3 Å². The average Bonchev–Trinajstić information content (AvgIpc) is 2.52. The standard InChI is InChI=1S/C15H27N5O6/c1-7(2)12(20-11(22)6-18-13(23)8(3)16)14(24)19-9(15(25)26)4-5-10(17)21/h7-9,12H,4-6,16H2,1-3H3,(H2,17,21)(H,18,23)(H,19,24)(H,20,22)(H,25,26). The number of carbonyl (C=O) groups is 5. The van der Waals surface area contributed by atoms with Crippen molar-refractivity contribution in [1.29, 1.82) is 0 Å². The van der Waals surface area contributed by atoms with Crippen molar-refractivity contribution in [3.63, 3.8) is 0 Å². The Morgan fingerprint density at radius 1 is 1.00 bits per heavy atom. The van der Waals surface area contributed by atoms with Crippen LogP contribution in [0, 0.1) is 5.92 Å². The largest absolute Gasteiger partial charge is 0.480 e. The van der Waals surface area contributed by atoms with Crippen LogP contribution in [0.1, 0.15) is 33.6 Å². The third-order valence-electron chi connectivity index (χ3n) is 3.40. The minimum absolute atomic E-state index is 0.167. The Labute approximate surface area is 151 Å². The van der Waals surface area contributed by atoms with Gasteiger partial charge in [0.2, 0.25) is 23.6 Å². The van der Waals surface area contributed by atoms with Crippen molar-refractivity contribution in [1.82, 2.24) is 16.0 Å². The highest BCUT2D eigenvalue weighted by molar-refractivity contribution is 5.92. The van der Waals surface area contributed by atoms with Crippen LogP contribution in [0.3, 0.4) is 0 Å². The first-order valence-corrected chi connectivity index (χ1v) is 8.09. The summed E-state index contributed by atoms with van der Waals surface area (Å²) in [5.74, 6) is -4.24. The summed E-state index contributed by atoms with van der Waals surface area (Å²) in [6, 6.07) is -3.12. The van der Waals surface area contributed by atoms with E-state index in [9.17, 15) is 24.0 Å². The Morgan fingerprint density at radius 2 is 1.58 bits per heavy atom. The van der Waals surface area contributed by atoms with Crippen molar-refractivity contribution in [2.75, 3.05) is 6.54 Å². The van der Waals surface area contributed by atoms with Crippen LogP contribution in [0.25, 0.3) is 0 Å². The van der Waals surface area contributed by atoms with Gasteiger partial charge in [0, 0.05) is 6.42 Å². The topological polar surface area (TPSA) is 194 Å². The van der Waals surface area contributed by atoms with Crippen molar-refractivity contribution in [3.05, 3.63) is 0 Å². The molecule has 8 N–H and O–H groups in total. The molecule has 0 saturated heterocycles. The maximum atomic E-state index is 12.3. The summed E-state index contributed by atoms with van der Waals surface area (Å²) >= 11 is 0. The minimum Gasteiger partial charge on any atom is -0.480 e. The van der Waals surface area contributed by atoms with Gasteiger partial charge in [-0.3, -0.25) is 19.2 Å². The van der Waals surface area contributed by atoms with Crippen molar-refractivity contribution < 1.29 is 29.1 Å². The maximum Gasteiger partial charge on any atom is 0.326 e. The van der Waals surface area contributed by atoms with Gasteiger partial charge in [-0.2, -0.15) is 0 Å². The molecule has 0 aliphatic carbocycles. The Morgan fingerprint density at radius 3 is 2.00 bits per heavy atom. The lowest BCUT2D eigenvalue weighted by molar-refractivity contribution is -0.142.